The van der Waals surface area contributed by atoms with Crippen LogP contribution in [0.25, 0.3) is 0 Å². The van der Waals surface area contributed by atoms with Crippen LogP contribution in [-0.2, 0) is 16.1 Å². The molecule has 1 heterocycles. The fourth-order valence-electron chi connectivity index (χ4n) is 2.28. The molecular formula is C19H23N3O3. The topological polar surface area (TPSA) is 80.3 Å². The summed E-state index contributed by atoms with van der Waals surface area (Å²) in [4.78, 5) is 28.4. The van der Waals surface area contributed by atoms with Gasteiger partial charge in [-0.05, 0) is 30.0 Å². The summed E-state index contributed by atoms with van der Waals surface area (Å²) in [5.74, 6) is -0.0579. The number of aromatic nitrogens is 1. The van der Waals surface area contributed by atoms with E-state index in [1.165, 1.54) is 0 Å². The highest BCUT2D eigenvalue weighted by atomic mass is 16.5. The second-order valence-corrected chi connectivity index (χ2v) is 6.12. The van der Waals surface area contributed by atoms with E-state index < -0.39 is 12.1 Å². The molecule has 2 rings (SSSR count). The standard InChI is InChI=1S/C19H23N3O3/c1-14(2)11-17(18(23)21-16-9-6-10-20-12-16)22-19(24)25-13-15-7-4-3-5-8-15/h3-10,12,14,17H,11,13H2,1-2H3,(H,21,23)(H,22,24)/t17-/m0/s1. The van der Waals surface area contributed by atoms with Crippen LogP contribution in [0.15, 0.2) is 54.9 Å². The first-order valence-corrected chi connectivity index (χ1v) is 8.22. The van der Waals surface area contributed by atoms with E-state index in [1.54, 1.807) is 24.5 Å². The van der Waals surface area contributed by atoms with Crippen molar-refractivity contribution in [1.29, 1.82) is 0 Å². The number of alkyl carbamates (subject to hydrolysis) is 1. The lowest BCUT2D eigenvalue weighted by Gasteiger charge is -2.20. The van der Waals surface area contributed by atoms with Gasteiger partial charge in [0.2, 0.25) is 5.91 Å². The van der Waals surface area contributed by atoms with Gasteiger partial charge in [0, 0.05) is 6.20 Å². The molecule has 2 N–H and O–H groups in total. The summed E-state index contributed by atoms with van der Waals surface area (Å²) in [6.07, 6.45) is 3.07. The number of amides is 2. The summed E-state index contributed by atoms with van der Waals surface area (Å²) < 4.78 is 5.20. The van der Waals surface area contributed by atoms with Crippen molar-refractivity contribution in [2.45, 2.75) is 32.9 Å². The van der Waals surface area contributed by atoms with Crippen LogP contribution in [0.1, 0.15) is 25.8 Å². The molecule has 2 amide bonds. The SMILES string of the molecule is CC(C)C[C@H](NC(=O)OCc1ccccc1)C(=O)Nc1cccnc1. The lowest BCUT2D eigenvalue weighted by Crippen LogP contribution is -2.44. The van der Waals surface area contributed by atoms with Crippen molar-refractivity contribution in [3.05, 3.63) is 60.4 Å². The van der Waals surface area contributed by atoms with Crippen molar-refractivity contribution in [1.82, 2.24) is 10.3 Å². The molecular weight excluding hydrogens is 318 g/mol. The second kappa shape index (κ2) is 9.42. The molecule has 132 valence electrons. The largest absolute Gasteiger partial charge is 0.445 e. The van der Waals surface area contributed by atoms with Crippen molar-refractivity contribution in [3.63, 3.8) is 0 Å². The highest BCUT2D eigenvalue weighted by Crippen LogP contribution is 2.10. The number of hydrogen-bond donors (Lipinski definition) is 2. The van der Waals surface area contributed by atoms with Gasteiger partial charge in [-0.15, -0.1) is 0 Å². The van der Waals surface area contributed by atoms with E-state index in [1.807, 2.05) is 44.2 Å². The van der Waals surface area contributed by atoms with Crippen LogP contribution in [0.5, 0.6) is 0 Å². The molecule has 0 saturated heterocycles. The first-order valence-electron chi connectivity index (χ1n) is 8.22. The lowest BCUT2D eigenvalue weighted by atomic mass is 10.0. The zero-order valence-corrected chi connectivity index (χ0v) is 14.4. The first kappa shape index (κ1) is 18.4. The van der Waals surface area contributed by atoms with E-state index in [-0.39, 0.29) is 18.4 Å². The minimum absolute atomic E-state index is 0.158. The molecule has 0 bridgehead atoms. The number of hydrogen-bond acceptors (Lipinski definition) is 4. The van der Waals surface area contributed by atoms with Crippen molar-refractivity contribution in [3.8, 4) is 0 Å². The molecule has 0 aliphatic rings. The Balaban J connectivity index is 1.92. The van der Waals surface area contributed by atoms with Crippen molar-refractivity contribution < 1.29 is 14.3 Å². The molecule has 1 aromatic carbocycles. The minimum Gasteiger partial charge on any atom is -0.445 e. The normalized spacial score (nSPS) is 11.6. The van der Waals surface area contributed by atoms with Gasteiger partial charge >= 0.3 is 6.09 Å². The average Bonchev–Trinajstić information content (AvgIpc) is 2.61. The Hall–Kier alpha value is -2.89. The molecule has 6 nitrogen and oxygen atoms in total. The number of rotatable bonds is 7. The van der Waals surface area contributed by atoms with Crippen LogP contribution in [-0.4, -0.2) is 23.0 Å². The van der Waals surface area contributed by atoms with Crippen molar-refractivity contribution in [2.24, 2.45) is 5.92 Å². The first-order chi connectivity index (χ1) is 12.0. The third-order valence-corrected chi connectivity index (χ3v) is 3.46. The molecule has 2 aromatic rings. The van der Waals surface area contributed by atoms with E-state index in [2.05, 4.69) is 15.6 Å². The summed E-state index contributed by atoms with van der Waals surface area (Å²) in [5.41, 5.74) is 1.47. The van der Waals surface area contributed by atoms with Crippen molar-refractivity contribution in [2.75, 3.05) is 5.32 Å². The Labute approximate surface area is 147 Å². The quantitative estimate of drug-likeness (QED) is 0.809. The Morgan fingerprint density at radius 1 is 1.12 bits per heavy atom. The van der Waals surface area contributed by atoms with Gasteiger partial charge in [0.25, 0.3) is 0 Å². The highest BCUT2D eigenvalue weighted by Gasteiger charge is 2.22. The maximum atomic E-state index is 12.4. The zero-order valence-electron chi connectivity index (χ0n) is 14.4. The number of benzene rings is 1. The predicted octanol–water partition coefficient (Wildman–Crippen LogP) is 3.36. The fourth-order valence-corrected chi connectivity index (χ4v) is 2.28. The molecule has 0 unspecified atom stereocenters. The van der Waals surface area contributed by atoms with Crippen LogP contribution in [0.2, 0.25) is 0 Å². The van der Waals surface area contributed by atoms with Gasteiger partial charge in [-0.25, -0.2) is 4.79 Å². The van der Waals surface area contributed by atoms with Crippen LogP contribution in [0.4, 0.5) is 10.5 Å². The number of nitrogens with zero attached hydrogens (tertiary/aromatic N) is 1. The van der Waals surface area contributed by atoms with Crippen LogP contribution in [0, 0.1) is 5.92 Å². The summed E-state index contributed by atoms with van der Waals surface area (Å²) in [5, 5.41) is 5.40. The number of carbonyl (C=O) groups excluding carboxylic acids is 2. The zero-order chi connectivity index (χ0) is 18.1. The molecule has 0 spiro atoms. The number of nitrogens with one attached hydrogen (secondary N) is 2. The molecule has 25 heavy (non-hydrogen) atoms. The lowest BCUT2D eigenvalue weighted by molar-refractivity contribution is -0.118. The molecule has 0 saturated carbocycles. The van der Waals surface area contributed by atoms with Gasteiger partial charge < -0.3 is 15.4 Å². The van der Waals surface area contributed by atoms with Gasteiger partial charge in [-0.3, -0.25) is 9.78 Å². The Kier molecular flexibility index (Phi) is 6.95. The summed E-state index contributed by atoms with van der Waals surface area (Å²) in [6.45, 7) is 4.13. The molecule has 6 heteroatoms. The van der Waals surface area contributed by atoms with Crippen LogP contribution >= 0.6 is 0 Å². The molecule has 0 radical (unpaired) electrons. The van der Waals surface area contributed by atoms with Gasteiger partial charge in [-0.2, -0.15) is 0 Å². The molecule has 0 fully saturated rings. The van der Waals surface area contributed by atoms with Gasteiger partial charge in [0.05, 0.1) is 11.9 Å². The van der Waals surface area contributed by atoms with Crippen LogP contribution in [0.3, 0.4) is 0 Å². The van der Waals surface area contributed by atoms with Crippen molar-refractivity contribution >= 4 is 17.7 Å². The molecule has 0 aliphatic heterocycles. The average molecular weight is 341 g/mol. The molecule has 0 aliphatic carbocycles. The van der Waals surface area contributed by atoms with E-state index in [9.17, 15) is 9.59 Å². The highest BCUT2D eigenvalue weighted by molar-refractivity contribution is 5.96. The Bertz CT molecular complexity index is 675. The van der Waals surface area contributed by atoms with E-state index in [0.717, 1.165) is 5.56 Å². The minimum atomic E-state index is -0.677. The summed E-state index contributed by atoms with van der Waals surface area (Å²) >= 11 is 0. The predicted molar refractivity (Wildman–Crippen MR) is 95.9 cm³/mol. The molecule has 1 atom stereocenters. The maximum absolute atomic E-state index is 12.4. The fraction of sp³-hybridized carbons (Fsp3) is 0.316. The monoisotopic (exact) mass is 341 g/mol. The third-order valence-electron chi connectivity index (χ3n) is 3.46. The van der Waals surface area contributed by atoms with Gasteiger partial charge in [0.1, 0.15) is 12.6 Å². The van der Waals surface area contributed by atoms with Gasteiger partial charge in [0.15, 0.2) is 0 Å². The van der Waals surface area contributed by atoms with Crippen LogP contribution < -0.4 is 10.6 Å². The number of carbonyl (C=O) groups is 2. The molecule has 1 aromatic heterocycles. The number of ether oxygens (including phenoxy) is 1. The smallest absolute Gasteiger partial charge is 0.408 e. The van der Waals surface area contributed by atoms with E-state index in [0.29, 0.717) is 12.1 Å². The Morgan fingerprint density at radius 3 is 2.52 bits per heavy atom. The van der Waals surface area contributed by atoms with E-state index in [4.69, 9.17) is 4.74 Å². The summed E-state index contributed by atoms with van der Waals surface area (Å²) in [7, 11) is 0. The van der Waals surface area contributed by atoms with Gasteiger partial charge in [-0.1, -0.05) is 44.2 Å². The number of anilines is 1. The second-order valence-electron chi connectivity index (χ2n) is 6.12. The Morgan fingerprint density at radius 2 is 1.88 bits per heavy atom. The maximum Gasteiger partial charge on any atom is 0.408 e. The van der Waals surface area contributed by atoms with E-state index >= 15 is 0 Å². The summed E-state index contributed by atoms with van der Waals surface area (Å²) in [6, 6.07) is 12.2. The third kappa shape index (κ3) is 6.63. The number of pyridine rings is 1.